The molecule has 23 heavy (non-hydrogen) atoms. The number of halogens is 1. The van der Waals surface area contributed by atoms with Crippen LogP contribution in [-0.4, -0.2) is 19.6 Å². The number of nitrogens with one attached hydrogen (secondary N) is 1. The Bertz CT molecular complexity index is 709. The van der Waals surface area contributed by atoms with Crippen LogP contribution in [-0.2, 0) is 4.79 Å². The quantitative estimate of drug-likeness (QED) is 0.820. The molecule has 122 valence electrons. The van der Waals surface area contributed by atoms with Crippen LogP contribution in [0.15, 0.2) is 30.3 Å². The van der Waals surface area contributed by atoms with Gasteiger partial charge in [-0.25, -0.2) is 0 Å². The molecule has 0 aliphatic heterocycles. The van der Waals surface area contributed by atoms with Crippen LogP contribution in [0.5, 0.6) is 11.5 Å². The first-order chi connectivity index (χ1) is 10.9. The molecule has 0 aliphatic carbocycles. The molecule has 0 unspecified atom stereocenters. The lowest BCUT2D eigenvalue weighted by molar-refractivity contribution is -0.118. The summed E-state index contributed by atoms with van der Waals surface area (Å²) >= 11 is 6.11. The highest BCUT2D eigenvalue weighted by atomic mass is 35.5. The van der Waals surface area contributed by atoms with E-state index < -0.39 is 0 Å². The number of rotatable bonds is 5. The van der Waals surface area contributed by atoms with Gasteiger partial charge in [-0.05, 0) is 55.3 Å². The molecule has 0 aliphatic rings. The van der Waals surface area contributed by atoms with Gasteiger partial charge in [0.25, 0.3) is 5.91 Å². The van der Waals surface area contributed by atoms with Crippen LogP contribution in [0.1, 0.15) is 11.1 Å². The fraction of sp³-hybridized carbons (Fsp3) is 0.235. The number of anilines is 2. The first-order valence-electron chi connectivity index (χ1n) is 7.03. The van der Waals surface area contributed by atoms with Crippen molar-refractivity contribution in [2.45, 2.75) is 13.8 Å². The van der Waals surface area contributed by atoms with Crippen LogP contribution >= 0.6 is 11.6 Å². The zero-order valence-electron chi connectivity index (χ0n) is 13.3. The van der Waals surface area contributed by atoms with Crippen molar-refractivity contribution < 1.29 is 14.3 Å². The molecule has 0 spiro atoms. The van der Waals surface area contributed by atoms with Gasteiger partial charge in [-0.15, -0.1) is 0 Å². The molecule has 2 rings (SSSR count). The molecule has 0 saturated carbocycles. The normalized spacial score (nSPS) is 10.3. The maximum absolute atomic E-state index is 12.0. The molecular weight excluding hydrogens is 316 g/mol. The molecule has 0 aromatic heterocycles. The maximum Gasteiger partial charge on any atom is 0.262 e. The molecule has 0 saturated heterocycles. The molecule has 0 heterocycles. The van der Waals surface area contributed by atoms with Crippen LogP contribution in [0.4, 0.5) is 11.4 Å². The van der Waals surface area contributed by atoms with Crippen LogP contribution in [0.2, 0.25) is 5.02 Å². The molecule has 3 N–H and O–H groups in total. The SMILES string of the molecule is COc1ccc(N)cc1NC(=O)COc1cc(C)c(Cl)c(C)c1. The molecule has 5 nitrogen and oxygen atoms in total. The second kappa shape index (κ2) is 7.24. The van der Waals surface area contributed by atoms with E-state index in [1.165, 1.54) is 7.11 Å². The Morgan fingerprint density at radius 3 is 2.48 bits per heavy atom. The van der Waals surface area contributed by atoms with Gasteiger partial charge in [0.1, 0.15) is 11.5 Å². The number of benzene rings is 2. The van der Waals surface area contributed by atoms with Gasteiger partial charge in [-0.1, -0.05) is 11.6 Å². The van der Waals surface area contributed by atoms with Gasteiger partial charge in [-0.2, -0.15) is 0 Å². The standard InChI is InChI=1S/C17H19ClN2O3/c1-10-6-13(7-11(2)17(10)18)23-9-16(21)20-14-8-12(19)4-5-15(14)22-3/h4-8H,9,19H2,1-3H3,(H,20,21). The van der Waals surface area contributed by atoms with E-state index in [1.54, 1.807) is 30.3 Å². The van der Waals surface area contributed by atoms with Crippen molar-refractivity contribution in [3.63, 3.8) is 0 Å². The fourth-order valence-corrected chi connectivity index (χ4v) is 2.26. The Morgan fingerprint density at radius 2 is 1.87 bits per heavy atom. The Morgan fingerprint density at radius 1 is 1.22 bits per heavy atom. The summed E-state index contributed by atoms with van der Waals surface area (Å²) in [5, 5.41) is 3.42. The second-order valence-corrected chi connectivity index (χ2v) is 5.55. The topological polar surface area (TPSA) is 73.6 Å². The summed E-state index contributed by atoms with van der Waals surface area (Å²) in [5.74, 6) is 0.823. The molecule has 6 heteroatoms. The van der Waals surface area contributed by atoms with Crippen molar-refractivity contribution >= 4 is 28.9 Å². The van der Waals surface area contributed by atoms with Crippen molar-refractivity contribution in [3.05, 3.63) is 46.5 Å². The van der Waals surface area contributed by atoms with Crippen LogP contribution in [0.3, 0.4) is 0 Å². The fourth-order valence-electron chi connectivity index (χ4n) is 2.15. The smallest absolute Gasteiger partial charge is 0.262 e. The molecule has 2 aromatic carbocycles. The average Bonchev–Trinajstić information content (AvgIpc) is 2.50. The molecule has 1 amide bonds. The van der Waals surface area contributed by atoms with Crippen LogP contribution in [0, 0.1) is 13.8 Å². The Balaban J connectivity index is 2.02. The third-order valence-electron chi connectivity index (χ3n) is 3.28. The van der Waals surface area contributed by atoms with Crippen LogP contribution in [0.25, 0.3) is 0 Å². The first kappa shape index (κ1) is 17.0. The number of amides is 1. The molecule has 0 bridgehead atoms. The molecular formula is C17H19ClN2O3. The first-order valence-corrected chi connectivity index (χ1v) is 7.41. The van der Waals surface area contributed by atoms with Gasteiger partial charge in [0.15, 0.2) is 6.61 Å². The van der Waals surface area contributed by atoms with E-state index in [0.717, 1.165) is 11.1 Å². The third kappa shape index (κ3) is 4.29. The third-order valence-corrected chi connectivity index (χ3v) is 3.87. The minimum absolute atomic E-state index is 0.127. The molecule has 0 fully saturated rings. The van der Waals surface area contributed by atoms with Gasteiger partial charge in [-0.3, -0.25) is 4.79 Å². The largest absolute Gasteiger partial charge is 0.495 e. The lowest BCUT2D eigenvalue weighted by Crippen LogP contribution is -2.20. The lowest BCUT2D eigenvalue weighted by Gasteiger charge is -2.12. The van der Waals surface area contributed by atoms with E-state index in [9.17, 15) is 4.79 Å². The number of carbonyl (C=O) groups excluding carboxylic acids is 1. The van der Waals surface area contributed by atoms with E-state index in [-0.39, 0.29) is 12.5 Å². The minimum Gasteiger partial charge on any atom is -0.495 e. The average molecular weight is 335 g/mol. The summed E-state index contributed by atoms with van der Waals surface area (Å²) in [7, 11) is 1.52. The van der Waals surface area contributed by atoms with E-state index in [2.05, 4.69) is 5.32 Å². The summed E-state index contributed by atoms with van der Waals surface area (Å²) in [5.41, 5.74) is 8.56. The number of aryl methyl sites for hydroxylation is 2. The summed E-state index contributed by atoms with van der Waals surface area (Å²) < 4.78 is 10.7. The summed E-state index contributed by atoms with van der Waals surface area (Å²) in [4.78, 5) is 12.0. The van der Waals surface area contributed by atoms with Crippen molar-refractivity contribution in [2.75, 3.05) is 24.8 Å². The minimum atomic E-state index is -0.306. The second-order valence-electron chi connectivity index (χ2n) is 5.17. The monoisotopic (exact) mass is 334 g/mol. The van der Waals surface area contributed by atoms with Gasteiger partial charge >= 0.3 is 0 Å². The number of methoxy groups -OCH3 is 1. The van der Waals surface area contributed by atoms with E-state index in [1.807, 2.05) is 13.8 Å². The highest BCUT2D eigenvalue weighted by molar-refractivity contribution is 6.32. The molecule has 0 radical (unpaired) electrons. The number of nitrogens with two attached hydrogens (primary N) is 1. The van der Waals surface area contributed by atoms with Gasteiger partial charge < -0.3 is 20.5 Å². The van der Waals surface area contributed by atoms with Crippen molar-refractivity contribution in [1.82, 2.24) is 0 Å². The number of hydrogen-bond donors (Lipinski definition) is 2. The van der Waals surface area contributed by atoms with E-state index in [4.69, 9.17) is 26.8 Å². The lowest BCUT2D eigenvalue weighted by atomic mass is 10.1. The van der Waals surface area contributed by atoms with Gasteiger partial charge in [0, 0.05) is 10.7 Å². The van der Waals surface area contributed by atoms with Gasteiger partial charge in [0.05, 0.1) is 12.8 Å². The number of carbonyl (C=O) groups is 1. The van der Waals surface area contributed by atoms with Crippen LogP contribution < -0.4 is 20.5 Å². The predicted octanol–water partition coefficient (Wildman–Crippen LogP) is 3.57. The molecule has 0 atom stereocenters. The number of hydrogen-bond acceptors (Lipinski definition) is 4. The van der Waals surface area contributed by atoms with E-state index >= 15 is 0 Å². The Kier molecular flexibility index (Phi) is 5.34. The van der Waals surface area contributed by atoms with Crippen molar-refractivity contribution in [2.24, 2.45) is 0 Å². The highest BCUT2D eigenvalue weighted by Crippen LogP contribution is 2.27. The van der Waals surface area contributed by atoms with Gasteiger partial charge in [0.2, 0.25) is 0 Å². The number of ether oxygens (including phenoxy) is 2. The molecule has 2 aromatic rings. The number of nitrogen functional groups attached to an aromatic ring is 1. The zero-order chi connectivity index (χ0) is 17.0. The zero-order valence-corrected chi connectivity index (χ0v) is 14.0. The summed E-state index contributed by atoms with van der Waals surface area (Å²) in [6.45, 7) is 3.65. The highest BCUT2D eigenvalue weighted by Gasteiger charge is 2.10. The Labute approximate surface area is 140 Å². The van der Waals surface area contributed by atoms with Crippen molar-refractivity contribution in [1.29, 1.82) is 0 Å². The Hall–Kier alpha value is -2.40. The van der Waals surface area contributed by atoms with E-state index in [0.29, 0.717) is 27.9 Å². The maximum atomic E-state index is 12.0. The van der Waals surface area contributed by atoms with Crippen molar-refractivity contribution in [3.8, 4) is 11.5 Å². The summed E-state index contributed by atoms with van der Waals surface area (Å²) in [6, 6.07) is 8.61. The predicted molar refractivity (Wildman–Crippen MR) is 92.5 cm³/mol. The summed E-state index contributed by atoms with van der Waals surface area (Å²) in [6.07, 6.45) is 0.